The Bertz CT molecular complexity index is 12.4. The van der Waals surface area contributed by atoms with Crippen LogP contribution in [0.25, 0.3) is 0 Å². The van der Waals surface area contributed by atoms with Crippen LogP contribution >= 0.6 is 24.2 Å². The molecule has 0 fully saturated rings. The maximum absolute atomic E-state index is 4.89. The molecule has 0 aromatic rings. The van der Waals surface area contributed by atoms with E-state index in [0.29, 0.717) is 0 Å². The van der Waals surface area contributed by atoms with Crippen LogP contribution in [0.2, 0.25) is 0 Å². The van der Waals surface area contributed by atoms with Crippen LogP contribution in [0.3, 0.4) is 0 Å². The number of hydrogen-bond acceptors (Lipinski definition) is 2. The van der Waals surface area contributed by atoms with Crippen LogP contribution in [0.1, 0.15) is 0 Å². The van der Waals surface area contributed by atoms with Crippen LogP contribution < -0.4 is 5.84 Å². The first kappa shape index (κ1) is 9.09. The Kier molecular flexibility index (Phi) is 8.18. The van der Waals surface area contributed by atoms with E-state index in [1.807, 2.05) is 0 Å². The molecule has 2 N–H and O–H groups in total. The molecule has 0 aromatic carbocycles. The maximum atomic E-state index is 4.89. The van der Waals surface area contributed by atoms with E-state index in [1.54, 1.807) is 7.05 Å². The van der Waals surface area contributed by atoms with Gasteiger partial charge < -0.3 is 0 Å². The molecule has 0 heterocycles. The van der Waals surface area contributed by atoms with Crippen molar-refractivity contribution < 1.29 is 0 Å². The topological polar surface area (TPSA) is 29.3 Å². The second-order valence-electron chi connectivity index (χ2n) is 0.525. The molecule has 4 heteroatoms. The SMILES string of the molecule is CN(N)Cl.Cl. The van der Waals surface area contributed by atoms with Gasteiger partial charge in [0.25, 0.3) is 0 Å². The van der Waals surface area contributed by atoms with Crippen LogP contribution in [-0.4, -0.2) is 11.6 Å². The molecular formula is CH6Cl2N2. The lowest BCUT2D eigenvalue weighted by atomic mass is 11.5. The average Bonchev–Trinajstić information content (AvgIpc) is 0.811. The van der Waals surface area contributed by atoms with E-state index in [-0.39, 0.29) is 12.4 Å². The van der Waals surface area contributed by atoms with Crippen LogP contribution in [0.5, 0.6) is 0 Å². The van der Waals surface area contributed by atoms with Crippen molar-refractivity contribution in [3.05, 3.63) is 0 Å². The van der Waals surface area contributed by atoms with Gasteiger partial charge in [-0.05, 0) is 11.8 Å². The quantitative estimate of drug-likeness (QED) is 0.282. The van der Waals surface area contributed by atoms with Gasteiger partial charge in [-0.15, -0.1) is 12.4 Å². The van der Waals surface area contributed by atoms with Crippen molar-refractivity contribution in [2.45, 2.75) is 0 Å². The van der Waals surface area contributed by atoms with Gasteiger partial charge in [0.05, 0.1) is 0 Å². The van der Waals surface area contributed by atoms with Crippen molar-refractivity contribution in [1.29, 1.82) is 0 Å². The van der Waals surface area contributed by atoms with Gasteiger partial charge in [-0.3, -0.25) is 5.84 Å². The number of nitrogens with zero attached hydrogens (tertiary/aromatic N) is 1. The Labute approximate surface area is 42.4 Å². The number of hydrazine groups is 1. The number of nitrogens with two attached hydrogens (primary N) is 1. The van der Waals surface area contributed by atoms with Crippen molar-refractivity contribution in [1.82, 2.24) is 4.53 Å². The molecule has 34 valence electrons. The van der Waals surface area contributed by atoms with Crippen molar-refractivity contribution in [2.75, 3.05) is 7.05 Å². The Balaban J connectivity index is 0. The first-order valence-corrected chi connectivity index (χ1v) is 1.21. The predicted octanol–water partition coefficient (Wildman–Crippen LogP) is 0.368. The third-order valence-electron chi connectivity index (χ3n) is 0. The van der Waals surface area contributed by atoms with Gasteiger partial charge in [0.1, 0.15) is 0 Å². The summed E-state index contributed by atoms with van der Waals surface area (Å²) in [5, 5.41) is 0. The lowest BCUT2D eigenvalue weighted by molar-refractivity contribution is 0.590. The second kappa shape index (κ2) is 4.50. The van der Waals surface area contributed by atoms with Crippen molar-refractivity contribution in [2.24, 2.45) is 5.84 Å². The average molecular weight is 117 g/mol. The smallest absolute Gasteiger partial charge is 0.0180 e. The summed E-state index contributed by atoms with van der Waals surface area (Å²) in [7, 11) is 1.54. The Morgan fingerprint density at radius 2 is 1.80 bits per heavy atom. The lowest BCUT2D eigenvalue weighted by Gasteiger charge is -1.86. The summed E-state index contributed by atoms with van der Waals surface area (Å²) in [4.78, 5) is 0. The molecule has 0 aromatic heterocycles. The van der Waals surface area contributed by atoms with Gasteiger partial charge >= 0.3 is 0 Å². The van der Waals surface area contributed by atoms with E-state index >= 15 is 0 Å². The molecule has 0 aliphatic heterocycles. The molecule has 0 aliphatic rings. The molecule has 0 atom stereocenters. The number of halogens is 2. The lowest BCUT2D eigenvalue weighted by Crippen LogP contribution is -2.11. The van der Waals surface area contributed by atoms with Gasteiger partial charge in [-0.25, -0.2) is 0 Å². The zero-order valence-corrected chi connectivity index (χ0v) is 4.38. The van der Waals surface area contributed by atoms with E-state index in [0.717, 1.165) is 4.53 Å². The molecule has 0 aliphatic carbocycles. The highest BCUT2D eigenvalue weighted by Gasteiger charge is 1.62. The highest BCUT2D eigenvalue weighted by atomic mass is 35.5. The summed E-state index contributed by atoms with van der Waals surface area (Å²) >= 11 is 4.89. The minimum atomic E-state index is 0. The van der Waals surface area contributed by atoms with E-state index < -0.39 is 0 Å². The molecule has 5 heavy (non-hydrogen) atoms. The molecule has 0 saturated carbocycles. The molecule has 0 unspecified atom stereocenters. The second-order valence-corrected chi connectivity index (χ2v) is 1.06. The summed E-state index contributed by atoms with van der Waals surface area (Å²) in [6.07, 6.45) is 0. The largest absolute Gasteiger partial charge is 0.255 e. The molecule has 0 amide bonds. The molecular weight excluding hydrogens is 111 g/mol. The van der Waals surface area contributed by atoms with E-state index in [9.17, 15) is 0 Å². The predicted molar refractivity (Wildman–Crippen MR) is 25.1 cm³/mol. The summed E-state index contributed by atoms with van der Waals surface area (Å²) < 4.78 is 0.972. The Morgan fingerprint density at radius 1 is 1.80 bits per heavy atom. The van der Waals surface area contributed by atoms with Gasteiger partial charge in [0, 0.05) is 7.05 Å². The Hall–Kier alpha value is 0.500. The maximum Gasteiger partial charge on any atom is 0.0180 e. The third kappa shape index (κ3) is 113. The van der Waals surface area contributed by atoms with Crippen molar-refractivity contribution in [3.63, 3.8) is 0 Å². The monoisotopic (exact) mass is 116 g/mol. The molecule has 0 rings (SSSR count). The third-order valence-corrected chi connectivity index (χ3v) is 0. The Morgan fingerprint density at radius 3 is 1.80 bits per heavy atom. The zero-order chi connectivity index (χ0) is 3.58. The number of hydrogen-bond donors (Lipinski definition) is 1. The van der Waals surface area contributed by atoms with Crippen LogP contribution in [0.4, 0.5) is 0 Å². The standard InChI is InChI=1S/CH5ClN2.ClH/c1-4(2)3;/h3H2,1H3;1H. The fourth-order valence-electron chi connectivity index (χ4n) is 0. The first-order valence-electron chi connectivity index (χ1n) is 0.874. The number of rotatable bonds is 0. The molecule has 0 saturated heterocycles. The fourth-order valence-corrected chi connectivity index (χ4v) is 0. The van der Waals surface area contributed by atoms with Crippen molar-refractivity contribution in [3.8, 4) is 0 Å². The van der Waals surface area contributed by atoms with E-state index in [4.69, 9.17) is 17.6 Å². The summed E-state index contributed by atoms with van der Waals surface area (Å²) in [5.74, 6) is 4.71. The zero-order valence-electron chi connectivity index (χ0n) is 2.81. The normalized spacial score (nSPS) is 7.20. The van der Waals surface area contributed by atoms with Crippen LogP contribution in [0, 0.1) is 0 Å². The van der Waals surface area contributed by atoms with Crippen molar-refractivity contribution >= 4 is 24.2 Å². The first-order chi connectivity index (χ1) is 1.73. The van der Waals surface area contributed by atoms with Crippen LogP contribution in [0.15, 0.2) is 0 Å². The highest BCUT2D eigenvalue weighted by molar-refractivity contribution is 6.12. The summed E-state index contributed by atoms with van der Waals surface area (Å²) in [6.45, 7) is 0. The van der Waals surface area contributed by atoms with E-state index in [1.165, 1.54) is 0 Å². The van der Waals surface area contributed by atoms with E-state index in [2.05, 4.69) is 0 Å². The van der Waals surface area contributed by atoms with Gasteiger partial charge in [0.15, 0.2) is 0 Å². The molecule has 0 radical (unpaired) electrons. The fraction of sp³-hybridized carbons (Fsp3) is 1.00. The summed E-state index contributed by atoms with van der Waals surface area (Å²) in [6, 6.07) is 0. The molecule has 2 nitrogen and oxygen atoms in total. The van der Waals surface area contributed by atoms with Gasteiger partial charge in [0.2, 0.25) is 0 Å². The minimum Gasteiger partial charge on any atom is -0.255 e. The minimum absolute atomic E-state index is 0. The van der Waals surface area contributed by atoms with Gasteiger partial charge in [-0.1, -0.05) is 0 Å². The molecule has 0 spiro atoms. The highest BCUT2D eigenvalue weighted by Crippen LogP contribution is 1.65. The molecule has 0 bridgehead atoms. The summed E-state index contributed by atoms with van der Waals surface area (Å²) in [5.41, 5.74) is 0. The van der Waals surface area contributed by atoms with Crippen LogP contribution in [-0.2, 0) is 0 Å². The van der Waals surface area contributed by atoms with Gasteiger partial charge in [-0.2, -0.15) is 4.53 Å².